The van der Waals surface area contributed by atoms with Gasteiger partial charge in [0.2, 0.25) is 10.0 Å². The number of ether oxygens (including phenoxy) is 2. The Hall–Kier alpha value is -1.15. The molecule has 0 aromatic heterocycles. The number of nitrogens with two attached hydrogens (primary N) is 1. The lowest BCUT2D eigenvalue weighted by atomic mass is 10.2. The van der Waals surface area contributed by atoms with Crippen molar-refractivity contribution in [2.45, 2.75) is 11.8 Å². The van der Waals surface area contributed by atoms with Crippen LogP contribution in [0.1, 0.15) is 5.56 Å². The summed E-state index contributed by atoms with van der Waals surface area (Å²) in [4.78, 5) is 0.263. The molecule has 0 bridgehead atoms. The molecular weight excluding hydrogens is 280 g/mol. The van der Waals surface area contributed by atoms with Gasteiger partial charge in [0.1, 0.15) is 0 Å². The lowest BCUT2D eigenvalue weighted by molar-refractivity contribution is 0.150. The number of methoxy groups -OCH3 is 2. The Morgan fingerprint density at radius 2 is 1.70 bits per heavy atom. The van der Waals surface area contributed by atoms with E-state index in [1.54, 1.807) is 19.1 Å². The number of sulfonamides is 1. The van der Waals surface area contributed by atoms with E-state index in [4.69, 9.17) is 15.2 Å². The third kappa shape index (κ3) is 4.17. The fraction of sp³-hybridized carbons (Fsp3) is 0.538. The van der Waals surface area contributed by atoms with Crippen LogP contribution in [0.15, 0.2) is 23.1 Å². The van der Waals surface area contributed by atoms with Crippen LogP contribution in [0.3, 0.4) is 0 Å². The number of hydrogen-bond acceptors (Lipinski definition) is 5. The number of rotatable bonds is 8. The predicted molar refractivity (Wildman–Crippen MR) is 78.1 cm³/mol. The van der Waals surface area contributed by atoms with E-state index in [0.29, 0.717) is 24.5 Å². The summed E-state index contributed by atoms with van der Waals surface area (Å²) < 4.78 is 36.6. The second-order valence-corrected chi connectivity index (χ2v) is 6.32. The average molecular weight is 302 g/mol. The monoisotopic (exact) mass is 302 g/mol. The topological polar surface area (TPSA) is 81.9 Å². The van der Waals surface area contributed by atoms with E-state index in [1.807, 2.05) is 0 Å². The SMILES string of the molecule is COCCN(CCOC)S(=O)(=O)c1ccc(N)cc1C. The molecule has 0 unspecified atom stereocenters. The molecule has 0 aliphatic heterocycles. The van der Waals surface area contributed by atoms with Crippen molar-refractivity contribution in [3.8, 4) is 0 Å². The smallest absolute Gasteiger partial charge is 0.243 e. The number of aryl methyl sites for hydroxylation is 1. The van der Waals surface area contributed by atoms with Gasteiger partial charge in [-0.25, -0.2) is 8.42 Å². The summed E-state index contributed by atoms with van der Waals surface area (Å²) in [5.74, 6) is 0. The molecule has 1 aromatic carbocycles. The molecule has 1 aromatic rings. The maximum absolute atomic E-state index is 12.7. The van der Waals surface area contributed by atoms with Crippen molar-refractivity contribution in [1.82, 2.24) is 4.31 Å². The maximum atomic E-state index is 12.7. The normalized spacial score (nSPS) is 12.0. The molecule has 7 heteroatoms. The number of benzene rings is 1. The van der Waals surface area contributed by atoms with Gasteiger partial charge in [-0.15, -0.1) is 0 Å². The Morgan fingerprint density at radius 3 is 2.15 bits per heavy atom. The minimum atomic E-state index is -3.58. The van der Waals surface area contributed by atoms with Gasteiger partial charge in [-0.1, -0.05) is 0 Å². The van der Waals surface area contributed by atoms with Crippen molar-refractivity contribution >= 4 is 15.7 Å². The molecule has 0 fully saturated rings. The van der Waals surface area contributed by atoms with Crippen LogP contribution in [0, 0.1) is 6.92 Å². The van der Waals surface area contributed by atoms with Crippen LogP contribution in [-0.2, 0) is 19.5 Å². The summed E-state index contributed by atoms with van der Waals surface area (Å²) in [5, 5.41) is 0. The standard InChI is InChI=1S/C13H22N2O4S/c1-11-10-12(14)4-5-13(11)20(16,17)15(6-8-18-2)7-9-19-3/h4-5,10H,6-9,14H2,1-3H3. The lowest BCUT2D eigenvalue weighted by Crippen LogP contribution is -2.36. The van der Waals surface area contributed by atoms with Crippen LogP contribution in [0.5, 0.6) is 0 Å². The molecule has 0 heterocycles. The van der Waals surface area contributed by atoms with E-state index >= 15 is 0 Å². The second-order valence-electron chi connectivity index (χ2n) is 4.41. The van der Waals surface area contributed by atoms with Gasteiger partial charge in [-0.2, -0.15) is 4.31 Å². The molecule has 0 aliphatic rings. The average Bonchev–Trinajstić information content (AvgIpc) is 2.38. The van der Waals surface area contributed by atoms with Gasteiger partial charge in [-0.05, 0) is 30.7 Å². The van der Waals surface area contributed by atoms with Crippen LogP contribution >= 0.6 is 0 Å². The summed E-state index contributed by atoms with van der Waals surface area (Å²) in [6.07, 6.45) is 0. The van der Waals surface area contributed by atoms with Gasteiger partial charge in [0, 0.05) is 33.0 Å². The Labute approximate surface area is 120 Å². The van der Waals surface area contributed by atoms with Gasteiger partial charge in [0.15, 0.2) is 0 Å². The van der Waals surface area contributed by atoms with Crippen molar-refractivity contribution < 1.29 is 17.9 Å². The molecule has 6 nitrogen and oxygen atoms in total. The minimum Gasteiger partial charge on any atom is -0.399 e. The maximum Gasteiger partial charge on any atom is 0.243 e. The zero-order chi connectivity index (χ0) is 15.2. The van der Waals surface area contributed by atoms with Gasteiger partial charge in [-0.3, -0.25) is 0 Å². The molecule has 1 rings (SSSR count). The molecular formula is C13H22N2O4S. The van der Waals surface area contributed by atoms with Crippen molar-refractivity contribution in [3.05, 3.63) is 23.8 Å². The molecule has 20 heavy (non-hydrogen) atoms. The number of anilines is 1. The predicted octanol–water partition coefficient (Wildman–Crippen LogP) is 0.861. The summed E-state index contributed by atoms with van der Waals surface area (Å²) >= 11 is 0. The van der Waals surface area contributed by atoms with Crippen molar-refractivity contribution in [3.63, 3.8) is 0 Å². The molecule has 0 amide bonds. The third-order valence-electron chi connectivity index (χ3n) is 2.91. The highest BCUT2D eigenvalue weighted by Crippen LogP contribution is 2.21. The van der Waals surface area contributed by atoms with Crippen LogP contribution in [0.4, 0.5) is 5.69 Å². The summed E-state index contributed by atoms with van der Waals surface area (Å²) in [6, 6.07) is 4.77. The third-order valence-corrected chi connectivity index (χ3v) is 4.97. The Balaban J connectivity index is 3.07. The fourth-order valence-corrected chi connectivity index (χ4v) is 3.45. The Morgan fingerprint density at radius 1 is 1.15 bits per heavy atom. The van der Waals surface area contributed by atoms with Crippen LogP contribution in [0.2, 0.25) is 0 Å². The summed E-state index contributed by atoms with van der Waals surface area (Å²) in [5.41, 5.74) is 6.83. The highest BCUT2D eigenvalue weighted by molar-refractivity contribution is 7.89. The second kappa shape index (κ2) is 7.58. The van der Waals surface area contributed by atoms with E-state index in [9.17, 15) is 8.42 Å². The summed E-state index contributed by atoms with van der Waals surface area (Å²) in [7, 11) is -0.501. The Kier molecular flexibility index (Phi) is 6.41. The van der Waals surface area contributed by atoms with Gasteiger partial charge < -0.3 is 15.2 Å². The first-order chi connectivity index (χ1) is 9.43. The van der Waals surface area contributed by atoms with E-state index in [-0.39, 0.29) is 18.0 Å². The summed E-state index contributed by atoms with van der Waals surface area (Å²) in [6.45, 7) is 2.96. The highest BCUT2D eigenvalue weighted by Gasteiger charge is 2.25. The zero-order valence-corrected chi connectivity index (χ0v) is 12.9. The largest absolute Gasteiger partial charge is 0.399 e. The number of hydrogen-bond donors (Lipinski definition) is 1. The minimum absolute atomic E-state index is 0.263. The van der Waals surface area contributed by atoms with Crippen molar-refractivity contribution in [1.29, 1.82) is 0 Å². The lowest BCUT2D eigenvalue weighted by Gasteiger charge is -2.22. The van der Waals surface area contributed by atoms with E-state index < -0.39 is 10.0 Å². The van der Waals surface area contributed by atoms with Crippen LogP contribution in [-0.4, -0.2) is 53.2 Å². The molecule has 0 atom stereocenters. The van der Waals surface area contributed by atoms with Crippen LogP contribution < -0.4 is 5.73 Å². The first kappa shape index (κ1) is 16.9. The quantitative estimate of drug-likeness (QED) is 0.720. The van der Waals surface area contributed by atoms with Crippen molar-refractivity contribution in [2.24, 2.45) is 0 Å². The zero-order valence-electron chi connectivity index (χ0n) is 12.1. The Bertz CT molecular complexity index is 523. The number of nitrogens with zero attached hydrogens (tertiary/aromatic N) is 1. The van der Waals surface area contributed by atoms with Crippen molar-refractivity contribution in [2.75, 3.05) is 46.3 Å². The van der Waals surface area contributed by atoms with E-state index in [2.05, 4.69) is 0 Å². The van der Waals surface area contributed by atoms with E-state index in [1.165, 1.54) is 24.6 Å². The van der Waals surface area contributed by atoms with E-state index in [0.717, 1.165) is 0 Å². The number of nitrogen functional groups attached to an aromatic ring is 1. The molecule has 0 radical (unpaired) electrons. The van der Waals surface area contributed by atoms with Crippen LogP contribution in [0.25, 0.3) is 0 Å². The molecule has 0 saturated heterocycles. The van der Waals surface area contributed by atoms with Gasteiger partial charge in [0.25, 0.3) is 0 Å². The van der Waals surface area contributed by atoms with Gasteiger partial charge >= 0.3 is 0 Å². The first-order valence-corrected chi connectivity index (χ1v) is 7.71. The highest BCUT2D eigenvalue weighted by atomic mass is 32.2. The molecule has 2 N–H and O–H groups in total. The van der Waals surface area contributed by atoms with Gasteiger partial charge in [0.05, 0.1) is 18.1 Å². The molecule has 0 saturated carbocycles. The first-order valence-electron chi connectivity index (χ1n) is 6.27. The molecule has 0 spiro atoms. The fourth-order valence-electron chi connectivity index (χ4n) is 1.84. The molecule has 0 aliphatic carbocycles. The molecule has 114 valence electrons.